The summed E-state index contributed by atoms with van der Waals surface area (Å²) in [5, 5.41) is 17.5. The van der Waals surface area contributed by atoms with Crippen LogP contribution in [-0.2, 0) is 4.74 Å². The number of rotatable bonds is 3. The number of carboxylic acids is 1. The van der Waals surface area contributed by atoms with Gasteiger partial charge in [0.25, 0.3) is 0 Å². The number of hydrogen-bond acceptors (Lipinski definition) is 5. The van der Waals surface area contributed by atoms with Crippen molar-refractivity contribution in [2.75, 3.05) is 24.6 Å². The lowest BCUT2D eigenvalue weighted by atomic mass is 10.1. The zero-order chi connectivity index (χ0) is 14.0. The summed E-state index contributed by atoms with van der Waals surface area (Å²) in [7, 11) is 0. The third kappa shape index (κ3) is 2.68. The number of aromatic nitrogens is 2. The maximum atomic E-state index is 11.5. The summed E-state index contributed by atoms with van der Waals surface area (Å²) in [6.45, 7) is 7.49. The van der Waals surface area contributed by atoms with E-state index in [0.29, 0.717) is 36.8 Å². The van der Waals surface area contributed by atoms with Crippen LogP contribution >= 0.6 is 0 Å². The molecule has 1 aliphatic rings. The second-order valence-electron chi connectivity index (χ2n) is 4.76. The molecule has 19 heavy (non-hydrogen) atoms. The molecule has 0 aromatic carbocycles. The van der Waals surface area contributed by atoms with E-state index in [4.69, 9.17) is 4.74 Å². The topological polar surface area (TPSA) is 75.6 Å². The first-order valence-corrected chi connectivity index (χ1v) is 6.48. The molecule has 0 amide bonds. The minimum absolute atomic E-state index is 0.124. The molecule has 1 N–H and O–H groups in total. The van der Waals surface area contributed by atoms with Crippen LogP contribution in [0.5, 0.6) is 0 Å². The van der Waals surface area contributed by atoms with Crippen LogP contribution in [-0.4, -0.2) is 47.1 Å². The van der Waals surface area contributed by atoms with E-state index < -0.39 is 5.97 Å². The van der Waals surface area contributed by atoms with Crippen LogP contribution in [0.1, 0.15) is 35.0 Å². The average Bonchev–Trinajstić information content (AvgIpc) is 2.41. The molecule has 0 saturated carbocycles. The summed E-state index contributed by atoms with van der Waals surface area (Å²) in [6, 6.07) is 0. The van der Waals surface area contributed by atoms with E-state index in [1.165, 1.54) is 0 Å². The van der Waals surface area contributed by atoms with Crippen LogP contribution in [0.25, 0.3) is 0 Å². The first kappa shape index (κ1) is 13.7. The predicted octanol–water partition coefficient (Wildman–Crippen LogP) is 1.41. The van der Waals surface area contributed by atoms with Gasteiger partial charge in [-0.05, 0) is 25.8 Å². The van der Waals surface area contributed by atoms with Gasteiger partial charge in [0.1, 0.15) is 5.56 Å². The van der Waals surface area contributed by atoms with Crippen molar-refractivity contribution in [3.63, 3.8) is 0 Å². The molecule has 1 aromatic rings. The average molecular weight is 265 g/mol. The Morgan fingerprint density at radius 2 is 2.21 bits per heavy atom. The number of aromatic carboxylic acids is 1. The number of anilines is 1. The minimum atomic E-state index is -0.954. The molecule has 0 spiro atoms. The highest BCUT2D eigenvalue weighted by Crippen LogP contribution is 2.24. The van der Waals surface area contributed by atoms with Crippen LogP contribution < -0.4 is 4.90 Å². The number of nitrogens with zero attached hydrogens (tertiary/aromatic N) is 3. The van der Waals surface area contributed by atoms with Crippen molar-refractivity contribution in [1.29, 1.82) is 0 Å². The molecule has 1 aromatic heterocycles. The zero-order valence-electron chi connectivity index (χ0n) is 11.5. The Kier molecular flexibility index (Phi) is 3.99. The van der Waals surface area contributed by atoms with Crippen molar-refractivity contribution in [1.82, 2.24) is 10.2 Å². The van der Waals surface area contributed by atoms with Crippen LogP contribution in [0, 0.1) is 13.8 Å². The molecule has 6 heteroatoms. The summed E-state index contributed by atoms with van der Waals surface area (Å²) < 4.78 is 5.60. The lowest BCUT2D eigenvalue weighted by Crippen LogP contribution is -2.43. The Morgan fingerprint density at radius 1 is 1.47 bits per heavy atom. The molecular formula is C13H19N3O3. The van der Waals surface area contributed by atoms with E-state index in [2.05, 4.69) is 17.1 Å². The number of carboxylic acid groups (broad SMARTS) is 1. The van der Waals surface area contributed by atoms with Crippen LogP contribution in [0.2, 0.25) is 0 Å². The third-order valence-corrected chi connectivity index (χ3v) is 3.54. The molecule has 1 saturated heterocycles. The van der Waals surface area contributed by atoms with Crippen LogP contribution in [0.3, 0.4) is 0 Å². The molecule has 1 atom stereocenters. The van der Waals surface area contributed by atoms with E-state index in [0.717, 1.165) is 6.42 Å². The van der Waals surface area contributed by atoms with Gasteiger partial charge in [0.15, 0.2) is 5.82 Å². The molecule has 1 unspecified atom stereocenters. The molecule has 0 bridgehead atoms. The maximum absolute atomic E-state index is 11.5. The summed E-state index contributed by atoms with van der Waals surface area (Å²) in [6.07, 6.45) is 1.02. The van der Waals surface area contributed by atoms with E-state index in [-0.39, 0.29) is 11.7 Å². The molecule has 0 aliphatic carbocycles. The predicted molar refractivity (Wildman–Crippen MR) is 70.7 cm³/mol. The highest BCUT2D eigenvalue weighted by atomic mass is 16.5. The number of carbonyl (C=O) groups is 1. The fraction of sp³-hybridized carbons (Fsp3) is 0.615. The molecule has 1 aliphatic heterocycles. The molecule has 2 heterocycles. The standard InChI is InChI=1S/C13H19N3O3/c1-4-10-7-16(5-6-19-10)12-11(13(17)18)8(2)9(3)14-15-12/h10H,4-7H2,1-3H3,(H,17,18). The SMILES string of the molecule is CCC1CN(c2nnc(C)c(C)c2C(=O)O)CCO1. The zero-order valence-corrected chi connectivity index (χ0v) is 11.5. The number of morpholine rings is 1. The monoisotopic (exact) mass is 265 g/mol. The normalized spacial score (nSPS) is 19.5. The van der Waals surface area contributed by atoms with Crippen LogP contribution in [0.15, 0.2) is 0 Å². The molecule has 6 nitrogen and oxygen atoms in total. The lowest BCUT2D eigenvalue weighted by Gasteiger charge is -2.33. The van der Waals surface area contributed by atoms with E-state index in [1.807, 2.05) is 4.90 Å². The Bertz CT molecular complexity index is 490. The highest BCUT2D eigenvalue weighted by Gasteiger charge is 2.26. The van der Waals surface area contributed by atoms with Gasteiger partial charge in [-0.25, -0.2) is 4.79 Å². The third-order valence-electron chi connectivity index (χ3n) is 3.54. The summed E-state index contributed by atoms with van der Waals surface area (Å²) in [4.78, 5) is 13.4. The van der Waals surface area contributed by atoms with Crippen molar-refractivity contribution < 1.29 is 14.6 Å². The summed E-state index contributed by atoms with van der Waals surface area (Å²) >= 11 is 0. The van der Waals surface area contributed by atoms with Crippen LogP contribution in [0.4, 0.5) is 5.82 Å². The fourth-order valence-corrected chi connectivity index (χ4v) is 2.23. The lowest BCUT2D eigenvalue weighted by molar-refractivity contribution is 0.0378. The van der Waals surface area contributed by atoms with Gasteiger partial charge in [0, 0.05) is 13.1 Å². The van der Waals surface area contributed by atoms with Gasteiger partial charge in [0.2, 0.25) is 0 Å². The first-order chi connectivity index (χ1) is 9.04. The van der Waals surface area contributed by atoms with Gasteiger partial charge in [-0.1, -0.05) is 6.92 Å². The van der Waals surface area contributed by atoms with Gasteiger partial charge in [-0.15, -0.1) is 5.10 Å². The van der Waals surface area contributed by atoms with Gasteiger partial charge >= 0.3 is 5.97 Å². The Labute approximate surface area is 112 Å². The number of hydrogen-bond donors (Lipinski definition) is 1. The van der Waals surface area contributed by atoms with Crippen molar-refractivity contribution >= 4 is 11.8 Å². The molecule has 1 fully saturated rings. The van der Waals surface area contributed by atoms with Gasteiger partial charge in [0.05, 0.1) is 18.4 Å². The molecule has 0 radical (unpaired) electrons. The van der Waals surface area contributed by atoms with Crippen molar-refractivity contribution in [3.8, 4) is 0 Å². The smallest absolute Gasteiger partial charge is 0.339 e. The molecule has 2 rings (SSSR count). The largest absolute Gasteiger partial charge is 0.478 e. The Balaban J connectivity index is 2.39. The van der Waals surface area contributed by atoms with E-state index in [9.17, 15) is 9.90 Å². The quantitative estimate of drug-likeness (QED) is 0.890. The van der Waals surface area contributed by atoms with E-state index >= 15 is 0 Å². The number of aryl methyl sites for hydroxylation is 1. The second kappa shape index (κ2) is 5.52. The van der Waals surface area contributed by atoms with Gasteiger partial charge < -0.3 is 14.7 Å². The van der Waals surface area contributed by atoms with Gasteiger partial charge in [-0.2, -0.15) is 5.10 Å². The van der Waals surface area contributed by atoms with Crippen molar-refractivity contribution in [3.05, 3.63) is 16.8 Å². The fourth-order valence-electron chi connectivity index (χ4n) is 2.23. The Morgan fingerprint density at radius 3 is 2.84 bits per heavy atom. The molecule has 104 valence electrons. The first-order valence-electron chi connectivity index (χ1n) is 6.48. The van der Waals surface area contributed by atoms with E-state index in [1.54, 1.807) is 13.8 Å². The molecular weight excluding hydrogens is 246 g/mol. The van der Waals surface area contributed by atoms with Crippen molar-refractivity contribution in [2.24, 2.45) is 0 Å². The minimum Gasteiger partial charge on any atom is -0.478 e. The van der Waals surface area contributed by atoms with Crippen molar-refractivity contribution in [2.45, 2.75) is 33.3 Å². The second-order valence-corrected chi connectivity index (χ2v) is 4.76. The van der Waals surface area contributed by atoms with Gasteiger partial charge in [-0.3, -0.25) is 0 Å². The maximum Gasteiger partial charge on any atom is 0.339 e. The highest BCUT2D eigenvalue weighted by molar-refractivity contribution is 5.95. The summed E-state index contributed by atoms with van der Waals surface area (Å²) in [5.74, 6) is -0.498. The Hall–Kier alpha value is -1.69. The number of ether oxygens (including phenoxy) is 1. The summed E-state index contributed by atoms with van der Waals surface area (Å²) in [5.41, 5.74) is 1.59.